The molecule has 1 aliphatic carbocycles. The van der Waals surface area contributed by atoms with Crippen LogP contribution in [0.25, 0.3) is 6.08 Å². The lowest BCUT2D eigenvalue weighted by Crippen LogP contribution is -2.13. The largest absolute Gasteiger partial charge is 0.247 e. The first kappa shape index (κ1) is 17.4. The Morgan fingerprint density at radius 3 is 2.32 bits per heavy atom. The van der Waals surface area contributed by atoms with Crippen molar-refractivity contribution in [3.05, 3.63) is 76.6 Å². The first-order valence-corrected chi connectivity index (χ1v) is 8.84. The highest BCUT2D eigenvalue weighted by atomic mass is 19.1. The molecule has 128 valence electrons. The summed E-state index contributed by atoms with van der Waals surface area (Å²) in [6.07, 6.45) is 6.25. The van der Waals surface area contributed by atoms with E-state index in [9.17, 15) is 8.78 Å². The molecule has 0 heterocycles. The zero-order chi connectivity index (χ0) is 17.6. The van der Waals surface area contributed by atoms with E-state index in [4.69, 9.17) is 0 Å². The lowest BCUT2D eigenvalue weighted by atomic mass is 9.83. The van der Waals surface area contributed by atoms with Crippen LogP contribution in [-0.2, 0) is 0 Å². The van der Waals surface area contributed by atoms with Gasteiger partial charge in [-0.1, -0.05) is 42.2 Å². The Kier molecular flexibility index (Phi) is 5.66. The molecule has 0 N–H and O–H groups in total. The summed E-state index contributed by atoms with van der Waals surface area (Å²) in [5.74, 6) is 6.07. The molecule has 25 heavy (non-hydrogen) atoms. The molecule has 0 aliphatic heterocycles. The summed E-state index contributed by atoms with van der Waals surface area (Å²) in [5.41, 5.74) is 3.34. The average molecular weight is 336 g/mol. The van der Waals surface area contributed by atoms with Gasteiger partial charge in [0.05, 0.1) is 5.56 Å². The smallest absolute Gasteiger partial charge is 0.139 e. The summed E-state index contributed by atoms with van der Waals surface area (Å²) in [6, 6.07) is 13.1. The van der Waals surface area contributed by atoms with Gasteiger partial charge in [-0.05, 0) is 73.9 Å². The van der Waals surface area contributed by atoms with Crippen molar-refractivity contribution in [1.29, 1.82) is 0 Å². The second-order valence-electron chi connectivity index (χ2n) is 6.56. The summed E-state index contributed by atoms with van der Waals surface area (Å²) in [7, 11) is 0. The SMILES string of the molecule is C/C=C/c1ccc(C#Cc2ccc(C3CCC(F)CC3)cc2)c(F)c1. The Bertz CT molecular complexity index is 798. The van der Waals surface area contributed by atoms with Gasteiger partial charge in [0.1, 0.15) is 12.0 Å². The summed E-state index contributed by atoms with van der Waals surface area (Å²) in [5, 5.41) is 0. The van der Waals surface area contributed by atoms with E-state index in [2.05, 4.69) is 24.0 Å². The number of hydrogen-bond acceptors (Lipinski definition) is 0. The van der Waals surface area contributed by atoms with Crippen molar-refractivity contribution < 1.29 is 8.78 Å². The molecule has 0 spiro atoms. The number of hydrogen-bond donors (Lipinski definition) is 0. The van der Waals surface area contributed by atoms with Crippen LogP contribution >= 0.6 is 0 Å². The van der Waals surface area contributed by atoms with Crippen LogP contribution in [-0.4, -0.2) is 6.17 Å². The molecule has 0 radical (unpaired) electrons. The maximum Gasteiger partial charge on any atom is 0.139 e. The quantitative estimate of drug-likeness (QED) is 0.568. The van der Waals surface area contributed by atoms with E-state index in [1.54, 1.807) is 6.07 Å². The van der Waals surface area contributed by atoms with E-state index in [0.717, 1.165) is 24.0 Å². The van der Waals surface area contributed by atoms with Crippen LogP contribution in [0, 0.1) is 17.7 Å². The number of halogens is 2. The minimum atomic E-state index is -0.629. The van der Waals surface area contributed by atoms with Crippen LogP contribution in [0.1, 0.15) is 60.8 Å². The van der Waals surface area contributed by atoms with Crippen molar-refractivity contribution in [2.45, 2.75) is 44.7 Å². The molecule has 1 aliphatic rings. The fraction of sp³-hybridized carbons (Fsp3) is 0.304. The Labute approximate surface area is 148 Å². The zero-order valence-corrected chi connectivity index (χ0v) is 14.4. The van der Waals surface area contributed by atoms with Gasteiger partial charge in [0, 0.05) is 5.56 Å². The Balaban J connectivity index is 1.71. The predicted octanol–water partition coefficient (Wildman–Crippen LogP) is 6.25. The number of benzene rings is 2. The van der Waals surface area contributed by atoms with E-state index < -0.39 is 6.17 Å². The molecule has 0 bridgehead atoms. The third-order valence-corrected chi connectivity index (χ3v) is 4.73. The molecule has 1 saturated carbocycles. The Hall–Kier alpha value is -2.40. The van der Waals surface area contributed by atoms with Gasteiger partial charge < -0.3 is 0 Å². The first-order chi connectivity index (χ1) is 12.2. The molecular formula is C23H22F2. The molecule has 2 heteroatoms. The van der Waals surface area contributed by atoms with Gasteiger partial charge >= 0.3 is 0 Å². The molecule has 0 nitrogen and oxygen atoms in total. The maximum atomic E-state index is 14.0. The topological polar surface area (TPSA) is 0 Å². The lowest BCUT2D eigenvalue weighted by Gasteiger charge is -2.24. The van der Waals surface area contributed by atoms with Crippen LogP contribution in [0.15, 0.2) is 48.5 Å². The van der Waals surface area contributed by atoms with Gasteiger partial charge in [-0.25, -0.2) is 8.78 Å². The van der Waals surface area contributed by atoms with Crippen molar-refractivity contribution in [3.63, 3.8) is 0 Å². The van der Waals surface area contributed by atoms with Crippen molar-refractivity contribution in [1.82, 2.24) is 0 Å². The first-order valence-electron chi connectivity index (χ1n) is 8.84. The van der Waals surface area contributed by atoms with E-state index in [1.165, 1.54) is 11.6 Å². The van der Waals surface area contributed by atoms with Gasteiger partial charge in [0.15, 0.2) is 0 Å². The average Bonchev–Trinajstić information content (AvgIpc) is 2.62. The summed E-state index contributed by atoms with van der Waals surface area (Å²) >= 11 is 0. The molecule has 1 fully saturated rings. The lowest BCUT2D eigenvalue weighted by molar-refractivity contribution is 0.235. The Morgan fingerprint density at radius 2 is 1.68 bits per heavy atom. The normalized spacial score (nSPS) is 20.3. The van der Waals surface area contributed by atoms with Crippen LogP contribution in [0.3, 0.4) is 0 Å². The predicted molar refractivity (Wildman–Crippen MR) is 99.6 cm³/mol. The molecule has 0 saturated heterocycles. The molecular weight excluding hydrogens is 314 g/mol. The maximum absolute atomic E-state index is 14.0. The van der Waals surface area contributed by atoms with Gasteiger partial charge in [0.2, 0.25) is 0 Å². The van der Waals surface area contributed by atoms with E-state index in [1.807, 2.05) is 37.3 Å². The zero-order valence-electron chi connectivity index (χ0n) is 14.4. The molecule has 0 unspecified atom stereocenters. The number of rotatable bonds is 2. The van der Waals surface area contributed by atoms with Crippen LogP contribution in [0.4, 0.5) is 8.78 Å². The van der Waals surface area contributed by atoms with Crippen molar-refractivity contribution in [3.8, 4) is 11.8 Å². The van der Waals surface area contributed by atoms with Gasteiger partial charge in [0.25, 0.3) is 0 Å². The van der Waals surface area contributed by atoms with E-state index in [0.29, 0.717) is 24.3 Å². The molecule has 0 aromatic heterocycles. The fourth-order valence-corrected chi connectivity index (χ4v) is 3.29. The highest BCUT2D eigenvalue weighted by molar-refractivity contribution is 5.52. The highest BCUT2D eigenvalue weighted by Crippen LogP contribution is 2.33. The van der Waals surface area contributed by atoms with Crippen molar-refractivity contribution in [2.75, 3.05) is 0 Å². The molecule has 0 amide bonds. The standard InChI is InChI=1S/C23H22F2/c1-2-3-18-7-11-21(23(25)16-18)10-6-17-4-8-19(9-5-17)20-12-14-22(24)15-13-20/h2-5,7-9,11,16,20,22H,12-15H2,1H3/b3-2+. The van der Waals surface area contributed by atoms with Gasteiger partial charge in [-0.3, -0.25) is 0 Å². The molecule has 2 aromatic rings. The highest BCUT2D eigenvalue weighted by Gasteiger charge is 2.21. The monoisotopic (exact) mass is 336 g/mol. The summed E-state index contributed by atoms with van der Waals surface area (Å²) in [4.78, 5) is 0. The van der Waals surface area contributed by atoms with Crippen LogP contribution < -0.4 is 0 Å². The van der Waals surface area contributed by atoms with Crippen LogP contribution in [0.5, 0.6) is 0 Å². The second-order valence-corrected chi connectivity index (χ2v) is 6.56. The number of alkyl halides is 1. The van der Waals surface area contributed by atoms with Crippen molar-refractivity contribution in [2.24, 2.45) is 0 Å². The minimum absolute atomic E-state index is 0.303. The third kappa shape index (κ3) is 4.57. The minimum Gasteiger partial charge on any atom is -0.247 e. The number of allylic oxidation sites excluding steroid dienone is 1. The third-order valence-electron chi connectivity index (χ3n) is 4.73. The van der Waals surface area contributed by atoms with Gasteiger partial charge in [-0.15, -0.1) is 0 Å². The molecule has 2 aromatic carbocycles. The fourth-order valence-electron chi connectivity index (χ4n) is 3.29. The molecule has 3 rings (SSSR count). The summed E-state index contributed by atoms with van der Waals surface area (Å²) < 4.78 is 27.3. The van der Waals surface area contributed by atoms with Crippen LogP contribution in [0.2, 0.25) is 0 Å². The Morgan fingerprint density at radius 1 is 0.960 bits per heavy atom. The van der Waals surface area contributed by atoms with Crippen molar-refractivity contribution >= 4 is 6.08 Å². The summed E-state index contributed by atoms with van der Waals surface area (Å²) in [6.45, 7) is 1.90. The second kappa shape index (κ2) is 8.12. The van der Waals surface area contributed by atoms with E-state index >= 15 is 0 Å². The van der Waals surface area contributed by atoms with E-state index in [-0.39, 0.29) is 5.82 Å². The molecule has 0 atom stereocenters. The van der Waals surface area contributed by atoms with Gasteiger partial charge in [-0.2, -0.15) is 0 Å².